The molecule has 1 aliphatic carbocycles. The molecule has 2 aromatic rings. The zero-order valence-corrected chi connectivity index (χ0v) is 13.9. The van der Waals surface area contributed by atoms with Crippen LogP contribution in [-0.2, 0) is 11.2 Å². The minimum absolute atomic E-state index is 0.112. The first-order chi connectivity index (χ1) is 11.7. The van der Waals surface area contributed by atoms with Crippen molar-refractivity contribution in [3.63, 3.8) is 0 Å². The van der Waals surface area contributed by atoms with Crippen LogP contribution >= 0.6 is 0 Å². The van der Waals surface area contributed by atoms with E-state index in [1.807, 2.05) is 35.4 Å². The molecule has 1 saturated heterocycles. The first kappa shape index (κ1) is 15.6. The summed E-state index contributed by atoms with van der Waals surface area (Å²) in [6.07, 6.45) is 6.57. The van der Waals surface area contributed by atoms with Gasteiger partial charge in [0, 0.05) is 36.5 Å². The van der Waals surface area contributed by atoms with Gasteiger partial charge in [-0.3, -0.25) is 9.78 Å². The van der Waals surface area contributed by atoms with Crippen molar-refractivity contribution in [1.82, 2.24) is 9.88 Å². The molecule has 0 spiro atoms. The predicted molar refractivity (Wildman–Crippen MR) is 93.5 cm³/mol. The second-order valence-corrected chi connectivity index (χ2v) is 7.24. The quantitative estimate of drug-likeness (QED) is 0.944. The van der Waals surface area contributed by atoms with Crippen LogP contribution in [0, 0.1) is 11.8 Å². The van der Waals surface area contributed by atoms with Crippen LogP contribution in [0.1, 0.15) is 31.2 Å². The molecule has 24 heavy (non-hydrogen) atoms. The van der Waals surface area contributed by atoms with Crippen molar-refractivity contribution in [2.45, 2.75) is 38.2 Å². The van der Waals surface area contributed by atoms with Crippen LogP contribution in [0.2, 0.25) is 0 Å². The van der Waals surface area contributed by atoms with Gasteiger partial charge in [-0.2, -0.15) is 0 Å². The van der Waals surface area contributed by atoms with Gasteiger partial charge in [0.25, 0.3) is 0 Å². The second-order valence-electron chi connectivity index (χ2n) is 7.24. The van der Waals surface area contributed by atoms with E-state index in [2.05, 4.69) is 11.1 Å². The molecule has 1 aromatic carbocycles. The summed E-state index contributed by atoms with van der Waals surface area (Å²) in [6.45, 7) is 1.16. The van der Waals surface area contributed by atoms with Crippen LogP contribution in [0.25, 0.3) is 10.9 Å². The highest BCUT2D eigenvalue weighted by Gasteiger charge is 2.37. The number of pyridine rings is 1. The highest BCUT2D eigenvalue weighted by atomic mass is 16.3. The highest BCUT2D eigenvalue weighted by molar-refractivity contribution is 5.82. The largest absolute Gasteiger partial charge is 0.391 e. The molecule has 2 atom stereocenters. The fourth-order valence-corrected chi connectivity index (χ4v) is 4.28. The zero-order chi connectivity index (χ0) is 16.5. The number of hydrogen-bond donors (Lipinski definition) is 1. The van der Waals surface area contributed by atoms with E-state index in [-0.39, 0.29) is 17.7 Å². The Morgan fingerprint density at radius 2 is 1.96 bits per heavy atom. The number of fused-ring (bicyclic) bond motifs is 1. The molecule has 0 bridgehead atoms. The van der Waals surface area contributed by atoms with Gasteiger partial charge in [-0.1, -0.05) is 31.0 Å². The number of likely N-dealkylation sites (tertiary alicyclic amines) is 1. The maximum Gasteiger partial charge on any atom is 0.225 e. The van der Waals surface area contributed by atoms with Crippen molar-refractivity contribution in [3.8, 4) is 0 Å². The maximum absolute atomic E-state index is 12.6. The molecular weight excluding hydrogens is 300 g/mol. The van der Waals surface area contributed by atoms with Gasteiger partial charge in [0.15, 0.2) is 0 Å². The first-order valence-electron chi connectivity index (χ1n) is 9.02. The fourth-order valence-electron chi connectivity index (χ4n) is 4.28. The summed E-state index contributed by atoms with van der Waals surface area (Å²) >= 11 is 0. The van der Waals surface area contributed by atoms with E-state index in [0.717, 1.165) is 30.2 Å². The Balaban J connectivity index is 1.49. The van der Waals surface area contributed by atoms with Crippen molar-refractivity contribution < 1.29 is 9.90 Å². The topological polar surface area (TPSA) is 53.4 Å². The fraction of sp³-hybridized carbons (Fsp3) is 0.500. The van der Waals surface area contributed by atoms with Gasteiger partial charge in [-0.15, -0.1) is 0 Å². The summed E-state index contributed by atoms with van der Waals surface area (Å²) < 4.78 is 0. The molecule has 1 N–H and O–H groups in total. The molecule has 4 heteroatoms. The number of rotatable bonds is 3. The monoisotopic (exact) mass is 324 g/mol. The Morgan fingerprint density at radius 1 is 1.17 bits per heavy atom. The molecule has 1 saturated carbocycles. The van der Waals surface area contributed by atoms with Crippen LogP contribution in [0.3, 0.4) is 0 Å². The number of aliphatic hydroxyl groups excluding tert-OH is 1. The van der Waals surface area contributed by atoms with Crippen molar-refractivity contribution in [3.05, 3.63) is 42.1 Å². The number of aliphatic hydroxyl groups is 1. The van der Waals surface area contributed by atoms with Crippen molar-refractivity contribution in [1.29, 1.82) is 0 Å². The summed E-state index contributed by atoms with van der Waals surface area (Å²) in [4.78, 5) is 18.9. The maximum atomic E-state index is 12.6. The Hall–Kier alpha value is -1.94. The number of para-hydroxylation sites is 1. The molecule has 4 rings (SSSR count). The van der Waals surface area contributed by atoms with E-state index in [9.17, 15) is 9.90 Å². The number of carbonyl (C=O) groups excluding carboxylic acids is 1. The minimum atomic E-state index is -0.428. The number of amides is 1. The number of β-amino-alcohol motifs (C(OH)–C–C–N with tert-alkyl or cyclic N) is 1. The number of carbonyl (C=O) groups is 1. The Labute approximate surface area is 142 Å². The third kappa shape index (κ3) is 2.91. The van der Waals surface area contributed by atoms with Gasteiger partial charge in [0.1, 0.15) is 0 Å². The molecule has 126 valence electrons. The number of benzene rings is 1. The van der Waals surface area contributed by atoms with E-state index < -0.39 is 6.10 Å². The summed E-state index contributed by atoms with van der Waals surface area (Å²) in [5, 5.41) is 11.6. The summed E-state index contributed by atoms with van der Waals surface area (Å²) in [7, 11) is 0. The molecule has 1 amide bonds. The molecule has 2 fully saturated rings. The van der Waals surface area contributed by atoms with Gasteiger partial charge in [-0.25, -0.2) is 0 Å². The van der Waals surface area contributed by atoms with Crippen LogP contribution in [0.4, 0.5) is 0 Å². The Bertz CT molecular complexity index is 734. The number of nitrogens with zero attached hydrogens (tertiary/aromatic N) is 2. The molecule has 2 heterocycles. The number of hydrogen-bond acceptors (Lipinski definition) is 3. The summed E-state index contributed by atoms with van der Waals surface area (Å²) in [5.41, 5.74) is 2.20. The van der Waals surface area contributed by atoms with Crippen LogP contribution in [0.15, 0.2) is 36.5 Å². The first-order valence-corrected chi connectivity index (χ1v) is 9.02. The molecule has 2 unspecified atom stereocenters. The summed E-state index contributed by atoms with van der Waals surface area (Å²) in [6, 6.07) is 10.1. The van der Waals surface area contributed by atoms with E-state index >= 15 is 0 Å². The Kier molecular flexibility index (Phi) is 4.23. The van der Waals surface area contributed by atoms with Crippen LogP contribution < -0.4 is 0 Å². The number of aromatic nitrogens is 1. The lowest BCUT2D eigenvalue weighted by Crippen LogP contribution is -2.34. The van der Waals surface area contributed by atoms with E-state index in [4.69, 9.17) is 0 Å². The van der Waals surface area contributed by atoms with Crippen LogP contribution in [-0.4, -0.2) is 40.1 Å². The van der Waals surface area contributed by atoms with E-state index in [1.54, 1.807) is 0 Å². The molecular formula is C20H24N2O2. The van der Waals surface area contributed by atoms with Crippen molar-refractivity contribution in [2.75, 3.05) is 13.1 Å². The molecule has 2 aliphatic rings. The second kappa shape index (κ2) is 6.52. The average molecular weight is 324 g/mol. The third-order valence-corrected chi connectivity index (χ3v) is 5.64. The Morgan fingerprint density at radius 3 is 2.79 bits per heavy atom. The smallest absolute Gasteiger partial charge is 0.225 e. The van der Waals surface area contributed by atoms with Gasteiger partial charge in [-0.05, 0) is 37.0 Å². The average Bonchev–Trinajstić information content (AvgIpc) is 3.25. The highest BCUT2D eigenvalue weighted by Crippen LogP contribution is 2.30. The van der Waals surface area contributed by atoms with Gasteiger partial charge < -0.3 is 10.0 Å². The van der Waals surface area contributed by atoms with Gasteiger partial charge in [0.05, 0.1) is 11.6 Å². The van der Waals surface area contributed by atoms with Gasteiger partial charge >= 0.3 is 0 Å². The normalized spacial score (nSPS) is 24.8. The molecule has 1 aliphatic heterocycles. The van der Waals surface area contributed by atoms with E-state index in [0.29, 0.717) is 13.1 Å². The predicted octanol–water partition coefficient (Wildman–Crippen LogP) is 2.79. The van der Waals surface area contributed by atoms with Crippen LogP contribution in [0.5, 0.6) is 0 Å². The standard InChI is InChI=1S/C20H24N2O2/c23-19-13-22(20(24)14-5-1-2-6-14)12-16(19)11-15-9-10-21-18-8-4-3-7-17(15)18/h3-4,7-10,14,16,19,23H,1-2,5-6,11-13H2. The van der Waals surface area contributed by atoms with Crippen molar-refractivity contribution in [2.24, 2.45) is 11.8 Å². The van der Waals surface area contributed by atoms with Crippen molar-refractivity contribution >= 4 is 16.8 Å². The molecule has 0 radical (unpaired) electrons. The summed E-state index contributed by atoms with van der Waals surface area (Å²) in [5.74, 6) is 0.563. The zero-order valence-electron chi connectivity index (χ0n) is 13.9. The lowest BCUT2D eigenvalue weighted by Gasteiger charge is -2.20. The SMILES string of the molecule is O=C(C1CCCC1)N1CC(O)C(Cc2ccnc3ccccc23)C1. The minimum Gasteiger partial charge on any atom is -0.391 e. The van der Waals surface area contributed by atoms with Gasteiger partial charge in [0.2, 0.25) is 5.91 Å². The lowest BCUT2D eigenvalue weighted by molar-refractivity contribution is -0.134. The lowest BCUT2D eigenvalue weighted by atomic mass is 9.94. The molecule has 1 aromatic heterocycles. The third-order valence-electron chi connectivity index (χ3n) is 5.64. The van der Waals surface area contributed by atoms with E-state index in [1.165, 1.54) is 18.4 Å². The molecule has 4 nitrogen and oxygen atoms in total.